The van der Waals surface area contributed by atoms with E-state index < -0.39 is 0 Å². The van der Waals surface area contributed by atoms with Crippen LogP contribution in [0.2, 0.25) is 5.02 Å². The number of nitrogens with one attached hydrogen (secondary N) is 2. The Kier molecular flexibility index (Phi) is 3.46. The monoisotopic (exact) mass is 238 g/mol. The SMILES string of the molecule is CC(=O)Nc1ccc2c(c1Cl)CCNCC2. The number of carbonyl (C=O) groups excluding carboxylic acids is 1. The number of rotatable bonds is 1. The van der Waals surface area contributed by atoms with E-state index in [0.29, 0.717) is 5.02 Å². The zero-order valence-electron chi connectivity index (χ0n) is 9.27. The smallest absolute Gasteiger partial charge is 0.221 e. The van der Waals surface area contributed by atoms with Crippen LogP contribution in [0.3, 0.4) is 0 Å². The molecular weight excluding hydrogens is 224 g/mol. The molecule has 0 saturated carbocycles. The summed E-state index contributed by atoms with van der Waals surface area (Å²) in [5.74, 6) is -0.0893. The lowest BCUT2D eigenvalue weighted by atomic mass is 10.0. The van der Waals surface area contributed by atoms with Crippen LogP contribution in [0.25, 0.3) is 0 Å². The summed E-state index contributed by atoms with van der Waals surface area (Å²) in [6.07, 6.45) is 1.91. The van der Waals surface area contributed by atoms with Gasteiger partial charge >= 0.3 is 0 Å². The first-order valence-corrected chi connectivity index (χ1v) is 5.85. The normalized spacial score (nSPS) is 15.1. The summed E-state index contributed by atoms with van der Waals surface area (Å²) < 4.78 is 0. The van der Waals surface area contributed by atoms with Gasteiger partial charge in [0.15, 0.2) is 0 Å². The second-order valence-corrected chi connectivity index (χ2v) is 4.37. The van der Waals surface area contributed by atoms with Gasteiger partial charge in [0.25, 0.3) is 0 Å². The number of fused-ring (bicyclic) bond motifs is 1. The van der Waals surface area contributed by atoms with Crippen molar-refractivity contribution < 1.29 is 4.79 Å². The first-order chi connectivity index (χ1) is 7.68. The summed E-state index contributed by atoms with van der Waals surface area (Å²) in [4.78, 5) is 11.0. The zero-order chi connectivity index (χ0) is 11.5. The first kappa shape index (κ1) is 11.4. The Bertz CT molecular complexity index is 418. The van der Waals surface area contributed by atoms with Crippen molar-refractivity contribution in [2.45, 2.75) is 19.8 Å². The molecule has 0 unspecified atom stereocenters. The van der Waals surface area contributed by atoms with Crippen molar-refractivity contribution in [3.05, 3.63) is 28.3 Å². The lowest BCUT2D eigenvalue weighted by Crippen LogP contribution is -2.16. The summed E-state index contributed by atoms with van der Waals surface area (Å²) in [6.45, 7) is 3.42. The molecule has 1 aromatic rings. The number of anilines is 1. The summed E-state index contributed by atoms with van der Waals surface area (Å²) in [7, 11) is 0. The Hall–Kier alpha value is -1.06. The second-order valence-electron chi connectivity index (χ2n) is 4.00. The maximum Gasteiger partial charge on any atom is 0.221 e. The third-order valence-corrected chi connectivity index (χ3v) is 3.21. The Balaban J connectivity index is 2.37. The molecule has 86 valence electrons. The highest BCUT2D eigenvalue weighted by molar-refractivity contribution is 6.34. The van der Waals surface area contributed by atoms with Crippen molar-refractivity contribution in [3.8, 4) is 0 Å². The minimum absolute atomic E-state index is 0.0893. The molecule has 1 amide bonds. The van der Waals surface area contributed by atoms with Crippen LogP contribution in [0.4, 0.5) is 5.69 Å². The molecule has 3 nitrogen and oxygen atoms in total. The average Bonchev–Trinajstić information content (AvgIpc) is 2.47. The van der Waals surface area contributed by atoms with Gasteiger partial charge in [0.1, 0.15) is 0 Å². The van der Waals surface area contributed by atoms with Gasteiger partial charge in [-0.3, -0.25) is 4.79 Å². The van der Waals surface area contributed by atoms with E-state index in [1.54, 1.807) is 0 Å². The van der Waals surface area contributed by atoms with E-state index in [1.165, 1.54) is 12.5 Å². The van der Waals surface area contributed by atoms with Gasteiger partial charge in [-0.2, -0.15) is 0 Å². The molecule has 2 N–H and O–H groups in total. The highest BCUT2D eigenvalue weighted by atomic mass is 35.5. The van der Waals surface area contributed by atoms with Crippen LogP contribution < -0.4 is 10.6 Å². The summed E-state index contributed by atoms with van der Waals surface area (Å²) >= 11 is 6.30. The third-order valence-electron chi connectivity index (χ3n) is 2.77. The quantitative estimate of drug-likeness (QED) is 0.786. The Morgan fingerprint density at radius 1 is 1.38 bits per heavy atom. The molecule has 2 rings (SSSR count). The summed E-state index contributed by atoms with van der Waals surface area (Å²) in [5, 5.41) is 6.78. The van der Waals surface area contributed by atoms with Crippen molar-refractivity contribution in [1.29, 1.82) is 0 Å². The van der Waals surface area contributed by atoms with Crippen LogP contribution >= 0.6 is 11.6 Å². The zero-order valence-corrected chi connectivity index (χ0v) is 10.0. The molecule has 0 aromatic heterocycles. The molecule has 0 aliphatic carbocycles. The number of benzene rings is 1. The molecule has 0 saturated heterocycles. The van der Waals surface area contributed by atoms with Crippen molar-refractivity contribution >= 4 is 23.2 Å². The van der Waals surface area contributed by atoms with Gasteiger partial charge in [0, 0.05) is 6.92 Å². The van der Waals surface area contributed by atoms with Gasteiger partial charge in [-0.25, -0.2) is 0 Å². The number of hydrogen-bond donors (Lipinski definition) is 2. The molecule has 1 aromatic carbocycles. The Morgan fingerprint density at radius 2 is 2.12 bits per heavy atom. The lowest BCUT2D eigenvalue weighted by molar-refractivity contribution is -0.114. The fourth-order valence-electron chi connectivity index (χ4n) is 2.01. The van der Waals surface area contributed by atoms with Crippen LogP contribution in [-0.2, 0) is 17.6 Å². The van der Waals surface area contributed by atoms with Gasteiger partial charge in [-0.1, -0.05) is 17.7 Å². The molecule has 16 heavy (non-hydrogen) atoms. The minimum Gasteiger partial charge on any atom is -0.325 e. The number of carbonyl (C=O) groups is 1. The van der Waals surface area contributed by atoms with Gasteiger partial charge in [0.2, 0.25) is 5.91 Å². The predicted octanol–water partition coefficient (Wildman–Crippen LogP) is 1.99. The van der Waals surface area contributed by atoms with Crippen LogP contribution in [-0.4, -0.2) is 19.0 Å². The largest absolute Gasteiger partial charge is 0.325 e. The van der Waals surface area contributed by atoms with Crippen molar-refractivity contribution in [2.75, 3.05) is 18.4 Å². The van der Waals surface area contributed by atoms with Gasteiger partial charge in [-0.15, -0.1) is 0 Å². The van der Waals surface area contributed by atoms with Crippen molar-refractivity contribution in [1.82, 2.24) is 5.32 Å². The van der Waals surface area contributed by atoms with E-state index in [-0.39, 0.29) is 5.91 Å². The first-order valence-electron chi connectivity index (χ1n) is 5.47. The van der Waals surface area contributed by atoms with Crippen LogP contribution in [0.1, 0.15) is 18.1 Å². The van der Waals surface area contributed by atoms with E-state index in [2.05, 4.69) is 16.7 Å². The average molecular weight is 239 g/mol. The van der Waals surface area contributed by atoms with E-state index in [1.807, 2.05) is 6.07 Å². The highest BCUT2D eigenvalue weighted by Gasteiger charge is 2.14. The molecule has 1 aliphatic heterocycles. The Morgan fingerprint density at radius 3 is 2.88 bits per heavy atom. The summed E-state index contributed by atoms with van der Waals surface area (Å²) in [5.41, 5.74) is 3.16. The number of hydrogen-bond acceptors (Lipinski definition) is 2. The Labute approximate surface area is 100 Å². The van der Waals surface area contributed by atoms with Gasteiger partial charge in [0.05, 0.1) is 10.7 Å². The van der Waals surface area contributed by atoms with E-state index in [4.69, 9.17) is 11.6 Å². The molecule has 4 heteroatoms. The van der Waals surface area contributed by atoms with Crippen LogP contribution in [0.5, 0.6) is 0 Å². The topological polar surface area (TPSA) is 41.1 Å². The standard InChI is InChI=1S/C12H15ClN2O/c1-8(16)15-11-3-2-9-4-6-14-7-5-10(9)12(11)13/h2-3,14H,4-7H2,1H3,(H,15,16). The minimum atomic E-state index is -0.0893. The highest BCUT2D eigenvalue weighted by Crippen LogP contribution is 2.30. The molecule has 0 spiro atoms. The van der Waals surface area contributed by atoms with Crippen molar-refractivity contribution in [2.24, 2.45) is 0 Å². The van der Waals surface area contributed by atoms with Crippen molar-refractivity contribution in [3.63, 3.8) is 0 Å². The predicted molar refractivity (Wildman–Crippen MR) is 66.0 cm³/mol. The molecule has 0 fully saturated rings. The fraction of sp³-hybridized carbons (Fsp3) is 0.417. The van der Waals surface area contributed by atoms with E-state index in [0.717, 1.165) is 37.2 Å². The maximum atomic E-state index is 11.0. The third kappa shape index (κ3) is 2.36. The van der Waals surface area contributed by atoms with Gasteiger partial charge < -0.3 is 10.6 Å². The van der Waals surface area contributed by atoms with E-state index >= 15 is 0 Å². The molecule has 0 atom stereocenters. The lowest BCUT2D eigenvalue weighted by Gasteiger charge is -2.12. The molecular formula is C12H15ClN2O. The van der Waals surface area contributed by atoms with Gasteiger partial charge in [-0.05, 0) is 43.1 Å². The van der Waals surface area contributed by atoms with Crippen LogP contribution in [0.15, 0.2) is 12.1 Å². The number of amides is 1. The molecule has 0 radical (unpaired) electrons. The molecule has 1 aliphatic rings. The van der Waals surface area contributed by atoms with Crippen LogP contribution in [0, 0.1) is 0 Å². The molecule has 0 bridgehead atoms. The molecule has 1 heterocycles. The number of halogens is 1. The second kappa shape index (κ2) is 4.85. The summed E-state index contributed by atoms with van der Waals surface area (Å²) in [6, 6.07) is 3.94. The fourth-order valence-corrected chi connectivity index (χ4v) is 2.34. The van der Waals surface area contributed by atoms with E-state index in [9.17, 15) is 4.79 Å². The maximum absolute atomic E-state index is 11.0.